The normalized spacial score (nSPS) is 23.2. The monoisotopic (exact) mass is 298 g/mol. The minimum absolute atomic E-state index is 0.0312. The van der Waals surface area contributed by atoms with Crippen molar-refractivity contribution in [2.24, 2.45) is 5.92 Å². The highest BCUT2D eigenvalue weighted by Crippen LogP contribution is 2.40. The van der Waals surface area contributed by atoms with Crippen LogP contribution in [0.1, 0.15) is 26.2 Å². The lowest BCUT2D eigenvalue weighted by Crippen LogP contribution is -2.66. The minimum Gasteiger partial charge on any atom is -0.371 e. The smallest absolute Gasteiger partial charge is 0.248 e. The highest BCUT2D eigenvalue weighted by molar-refractivity contribution is 5.77. The van der Waals surface area contributed by atoms with Gasteiger partial charge < -0.3 is 19.3 Å². The lowest BCUT2D eigenvalue weighted by molar-refractivity contribution is -0.169. The maximum Gasteiger partial charge on any atom is 0.248 e. The van der Waals surface area contributed by atoms with Crippen molar-refractivity contribution in [3.8, 4) is 0 Å². The molecule has 6 heteroatoms. The molecule has 0 N–H and O–H groups in total. The molecule has 0 radical (unpaired) electrons. The maximum absolute atomic E-state index is 11.8. The molecule has 120 valence electrons. The van der Waals surface area contributed by atoms with Gasteiger partial charge in [0.25, 0.3) is 0 Å². The third-order valence-corrected chi connectivity index (χ3v) is 4.38. The molecule has 0 saturated carbocycles. The average Bonchev–Trinajstić information content (AvgIpc) is 2.80. The first-order valence-corrected chi connectivity index (χ1v) is 7.68. The van der Waals surface area contributed by atoms with E-state index in [1.165, 1.54) is 4.90 Å². The molecule has 2 aliphatic heterocycles. The third kappa shape index (κ3) is 3.55. The Balaban J connectivity index is 1.77. The SMILES string of the molecule is CCCC(=O)N1CC2(C1)OCC[C@@H]2COCC(=O)N(C)C. The van der Waals surface area contributed by atoms with Gasteiger partial charge in [-0.1, -0.05) is 6.92 Å². The van der Waals surface area contributed by atoms with Gasteiger partial charge in [-0.15, -0.1) is 0 Å². The number of hydrogen-bond acceptors (Lipinski definition) is 4. The van der Waals surface area contributed by atoms with Gasteiger partial charge in [0.1, 0.15) is 12.2 Å². The predicted octanol–water partition coefficient (Wildman–Crippen LogP) is 0.509. The van der Waals surface area contributed by atoms with Gasteiger partial charge in [-0.2, -0.15) is 0 Å². The van der Waals surface area contributed by atoms with Gasteiger partial charge >= 0.3 is 0 Å². The van der Waals surface area contributed by atoms with Crippen molar-refractivity contribution in [2.45, 2.75) is 31.8 Å². The maximum atomic E-state index is 11.8. The van der Waals surface area contributed by atoms with Crippen molar-refractivity contribution in [3.63, 3.8) is 0 Å². The Bertz CT molecular complexity index is 391. The Morgan fingerprint density at radius 1 is 1.38 bits per heavy atom. The fraction of sp³-hybridized carbons (Fsp3) is 0.867. The largest absolute Gasteiger partial charge is 0.371 e. The Hall–Kier alpha value is -1.14. The van der Waals surface area contributed by atoms with Crippen LogP contribution in [0.4, 0.5) is 0 Å². The molecule has 1 atom stereocenters. The Morgan fingerprint density at radius 2 is 2.10 bits per heavy atom. The first-order valence-electron chi connectivity index (χ1n) is 7.68. The number of likely N-dealkylation sites (tertiary alicyclic amines) is 1. The number of amides is 2. The molecular weight excluding hydrogens is 272 g/mol. The third-order valence-electron chi connectivity index (χ3n) is 4.38. The number of nitrogens with zero attached hydrogens (tertiary/aromatic N) is 2. The number of rotatable bonds is 6. The zero-order valence-electron chi connectivity index (χ0n) is 13.3. The summed E-state index contributed by atoms with van der Waals surface area (Å²) in [6, 6.07) is 0. The van der Waals surface area contributed by atoms with Gasteiger partial charge in [0.15, 0.2) is 0 Å². The van der Waals surface area contributed by atoms with E-state index in [9.17, 15) is 9.59 Å². The highest BCUT2D eigenvalue weighted by atomic mass is 16.5. The van der Waals surface area contributed by atoms with Crippen LogP contribution in [-0.2, 0) is 19.1 Å². The molecule has 0 unspecified atom stereocenters. The molecule has 0 aromatic carbocycles. The second kappa shape index (κ2) is 6.75. The van der Waals surface area contributed by atoms with E-state index in [1.807, 2.05) is 11.8 Å². The first kappa shape index (κ1) is 16.2. The van der Waals surface area contributed by atoms with E-state index < -0.39 is 0 Å². The van der Waals surface area contributed by atoms with Crippen LogP contribution in [0, 0.1) is 5.92 Å². The molecule has 2 rings (SSSR count). The predicted molar refractivity (Wildman–Crippen MR) is 77.8 cm³/mol. The molecule has 0 bridgehead atoms. The van der Waals surface area contributed by atoms with Gasteiger partial charge in [-0.25, -0.2) is 0 Å². The van der Waals surface area contributed by atoms with Crippen LogP contribution in [0.5, 0.6) is 0 Å². The number of hydrogen-bond donors (Lipinski definition) is 0. The van der Waals surface area contributed by atoms with Crippen LogP contribution < -0.4 is 0 Å². The zero-order valence-corrected chi connectivity index (χ0v) is 13.3. The molecule has 0 aliphatic carbocycles. The molecule has 2 fully saturated rings. The molecule has 2 aliphatic rings. The molecular formula is C15H26N2O4. The zero-order chi connectivity index (χ0) is 15.5. The van der Waals surface area contributed by atoms with Crippen LogP contribution in [0.3, 0.4) is 0 Å². The fourth-order valence-electron chi connectivity index (χ4n) is 2.94. The second-order valence-corrected chi connectivity index (χ2v) is 6.20. The Morgan fingerprint density at radius 3 is 2.71 bits per heavy atom. The number of ether oxygens (including phenoxy) is 2. The summed E-state index contributed by atoms with van der Waals surface area (Å²) in [6.45, 7) is 4.69. The van der Waals surface area contributed by atoms with Gasteiger partial charge in [0, 0.05) is 33.0 Å². The molecule has 0 aromatic heterocycles. The molecule has 2 saturated heterocycles. The van der Waals surface area contributed by atoms with Crippen molar-refractivity contribution >= 4 is 11.8 Å². The minimum atomic E-state index is -0.232. The average molecular weight is 298 g/mol. The molecule has 0 aromatic rings. The number of carbonyl (C=O) groups excluding carboxylic acids is 2. The van der Waals surface area contributed by atoms with E-state index in [4.69, 9.17) is 9.47 Å². The number of likely N-dealkylation sites (N-methyl/N-ethyl adjacent to an activating group) is 1. The van der Waals surface area contributed by atoms with Crippen LogP contribution in [-0.4, -0.2) is 74.2 Å². The van der Waals surface area contributed by atoms with Crippen molar-refractivity contribution in [3.05, 3.63) is 0 Å². The summed E-state index contributed by atoms with van der Waals surface area (Å²) >= 11 is 0. The Kier molecular flexibility index (Phi) is 5.22. The molecule has 2 heterocycles. The standard InChI is InChI=1S/C15H26N2O4/c1-4-5-13(18)17-10-15(11-17)12(6-7-21-15)8-20-9-14(19)16(2)3/h12H,4-11H2,1-3H3/t12-/m1/s1. The Labute approximate surface area is 126 Å². The number of carbonyl (C=O) groups is 2. The lowest BCUT2D eigenvalue weighted by atomic mass is 9.81. The summed E-state index contributed by atoms with van der Waals surface area (Å²) < 4.78 is 11.4. The van der Waals surface area contributed by atoms with Crippen LogP contribution in [0.25, 0.3) is 0 Å². The molecule has 2 amide bonds. The van der Waals surface area contributed by atoms with Gasteiger partial charge in [-0.3, -0.25) is 9.59 Å². The van der Waals surface area contributed by atoms with Gasteiger partial charge in [0.05, 0.1) is 19.7 Å². The van der Waals surface area contributed by atoms with E-state index in [-0.39, 0.29) is 29.9 Å². The second-order valence-electron chi connectivity index (χ2n) is 6.20. The summed E-state index contributed by atoms with van der Waals surface area (Å²) in [5.41, 5.74) is -0.232. The van der Waals surface area contributed by atoms with E-state index in [1.54, 1.807) is 14.1 Å². The van der Waals surface area contributed by atoms with Crippen LogP contribution >= 0.6 is 0 Å². The van der Waals surface area contributed by atoms with Crippen LogP contribution in [0.15, 0.2) is 0 Å². The van der Waals surface area contributed by atoms with E-state index in [0.717, 1.165) is 12.8 Å². The molecule has 1 spiro atoms. The fourth-order valence-corrected chi connectivity index (χ4v) is 2.94. The molecule has 6 nitrogen and oxygen atoms in total. The van der Waals surface area contributed by atoms with Crippen molar-refractivity contribution in [2.75, 3.05) is 47.0 Å². The van der Waals surface area contributed by atoms with Crippen molar-refractivity contribution in [1.82, 2.24) is 9.80 Å². The van der Waals surface area contributed by atoms with E-state index in [2.05, 4.69) is 0 Å². The van der Waals surface area contributed by atoms with Crippen LogP contribution in [0.2, 0.25) is 0 Å². The first-order chi connectivity index (χ1) is 9.98. The lowest BCUT2D eigenvalue weighted by Gasteiger charge is -2.50. The van der Waals surface area contributed by atoms with Gasteiger partial charge in [0.2, 0.25) is 11.8 Å². The van der Waals surface area contributed by atoms with Gasteiger partial charge in [-0.05, 0) is 12.8 Å². The van der Waals surface area contributed by atoms with E-state index in [0.29, 0.717) is 32.7 Å². The summed E-state index contributed by atoms with van der Waals surface area (Å²) in [5.74, 6) is 0.454. The summed E-state index contributed by atoms with van der Waals surface area (Å²) in [4.78, 5) is 26.7. The van der Waals surface area contributed by atoms with E-state index >= 15 is 0 Å². The summed E-state index contributed by atoms with van der Waals surface area (Å²) in [6.07, 6.45) is 2.42. The van der Waals surface area contributed by atoms with Crippen molar-refractivity contribution in [1.29, 1.82) is 0 Å². The quantitative estimate of drug-likeness (QED) is 0.717. The summed E-state index contributed by atoms with van der Waals surface area (Å²) in [5, 5.41) is 0. The highest BCUT2D eigenvalue weighted by Gasteiger charge is 2.54. The summed E-state index contributed by atoms with van der Waals surface area (Å²) in [7, 11) is 3.43. The molecule has 21 heavy (non-hydrogen) atoms. The van der Waals surface area contributed by atoms with Crippen molar-refractivity contribution < 1.29 is 19.1 Å². The topological polar surface area (TPSA) is 59.1 Å².